The molecular formula is C19H18N2OS. The Hall–Kier alpha value is -2.46. The lowest BCUT2D eigenvalue weighted by Crippen LogP contribution is -2.24. The van der Waals surface area contributed by atoms with Crippen LogP contribution in [0, 0.1) is 6.92 Å². The van der Waals surface area contributed by atoms with E-state index in [4.69, 9.17) is 0 Å². The second-order valence-electron chi connectivity index (χ2n) is 5.45. The first kappa shape index (κ1) is 15.4. The maximum atomic E-state index is 12.0. The van der Waals surface area contributed by atoms with Crippen LogP contribution >= 0.6 is 11.3 Å². The standard InChI is InChI=1S/C19H18N2OS/c1-14-7-9-16(10-8-14)19-21-17(13-23-19)12-20-18(22)11-15-5-3-2-4-6-15/h2-10,13H,11-12H2,1H3,(H,20,22). The first-order chi connectivity index (χ1) is 11.2. The maximum absolute atomic E-state index is 12.0. The summed E-state index contributed by atoms with van der Waals surface area (Å²) >= 11 is 1.60. The Morgan fingerprint density at radius 1 is 1.09 bits per heavy atom. The quantitative estimate of drug-likeness (QED) is 0.772. The molecule has 1 heterocycles. The summed E-state index contributed by atoms with van der Waals surface area (Å²) in [6.07, 6.45) is 0.399. The zero-order valence-electron chi connectivity index (χ0n) is 13.0. The van der Waals surface area contributed by atoms with Crippen LogP contribution in [0.25, 0.3) is 10.6 Å². The van der Waals surface area contributed by atoms with Gasteiger partial charge in [-0.3, -0.25) is 4.79 Å². The third kappa shape index (κ3) is 4.27. The zero-order chi connectivity index (χ0) is 16.1. The SMILES string of the molecule is Cc1ccc(-c2nc(CNC(=O)Cc3ccccc3)cs2)cc1. The zero-order valence-corrected chi connectivity index (χ0v) is 13.8. The van der Waals surface area contributed by atoms with Crippen LogP contribution in [0.2, 0.25) is 0 Å². The molecule has 0 atom stereocenters. The highest BCUT2D eigenvalue weighted by Crippen LogP contribution is 2.23. The Morgan fingerprint density at radius 3 is 2.57 bits per heavy atom. The first-order valence-electron chi connectivity index (χ1n) is 7.53. The number of aryl methyl sites for hydroxylation is 1. The van der Waals surface area contributed by atoms with Gasteiger partial charge in [0.05, 0.1) is 18.7 Å². The number of nitrogens with one attached hydrogen (secondary N) is 1. The average molecular weight is 322 g/mol. The van der Waals surface area contributed by atoms with E-state index >= 15 is 0 Å². The number of carbonyl (C=O) groups excluding carboxylic acids is 1. The number of thiazole rings is 1. The van der Waals surface area contributed by atoms with Gasteiger partial charge in [-0.25, -0.2) is 4.98 Å². The van der Waals surface area contributed by atoms with Crippen molar-refractivity contribution in [2.45, 2.75) is 19.9 Å². The normalized spacial score (nSPS) is 10.5. The molecule has 1 N–H and O–H groups in total. The van der Waals surface area contributed by atoms with Gasteiger partial charge in [-0.1, -0.05) is 60.2 Å². The highest BCUT2D eigenvalue weighted by atomic mass is 32.1. The molecule has 0 saturated carbocycles. The molecule has 0 aliphatic carbocycles. The van der Waals surface area contributed by atoms with E-state index in [1.165, 1.54) is 5.56 Å². The number of benzene rings is 2. The molecule has 3 nitrogen and oxygen atoms in total. The third-order valence-electron chi connectivity index (χ3n) is 3.52. The van der Waals surface area contributed by atoms with E-state index in [2.05, 4.69) is 41.5 Å². The fourth-order valence-corrected chi connectivity index (χ4v) is 3.08. The van der Waals surface area contributed by atoms with Gasteiger partial charge in [0.2, 0.25) is 5.91 Å². The fourth-order valence-electron chi connectivity index (χ4n) is 2.25. The highest BCUT2D eigenvalue weighted by Gasteiger charge is 2.07. The van der Waals surface area contributed by atoms with Crippen LogP contribution in [0.1, 0.15) is 16.8 Å². The number of aromatic nitrogens is 1. The molecule has 0 radical (unpaired) electrons. The van der Waals surface area contributed by atoms with Gasteiger partial charge in [0.15, 0.2) is 0 Å². The first-order valence-corrected chi connectivity index (χ1v) is 8.41. The van der Waals surface area contributed by atoms with Crippen LogP contribution in [-0.4, -0.2) is 10.9 Å². The van der Waals surface area contributed by atoms with Crippen molar-refractivity contribution in [1.82, 2.24) is 10.3 Å². The van der Waals surface area contributed by atoms with Crippen molar-refractivity contribution in [3.05, 3.63) is 76.8 Å². The lowest BCUT2D eigenvalue weighted by atomic mass is 10.1. The molecule has 116 valence electrons. The Morgan fingerprint density at radius 2 is 1.83 bits per heavy atom. The van der Waals surface area contributed by atoms with E-state index in [0.717, 1.165) is 21.8 Å². The average Bonchev–Trinajstić information content (AvgIpc) is 3.04. The van der Waals surface area contributed by atoms with Crippen LogP contribution in [0.15, 0.2) is 60.0 Å². The molecule has 0 spiro atoms. The molecule has 0 aliphatic heterocycles. The van der Waals surface area contributed by atoms with Gasteiger partial charge in [-0.05, 0) is 12.5 Å². The Balaban J connectivity index is 1.57. The number of amides is 1. The second kappa shape index (κ2) is 7.20. The molecule has 0 aliphatic rings. The van der Waals surface area contributed by atoms with Crippen molar-refractivity contribution in [3.8, 4) is 10.6 Å². The van der Waals surface area contributed by atoms with Crippen molar-refractivity contribution in [3.63, 3.8) is 0 Å². The third-order valence-corrected chi connectivity index (χ3v) is 4.46. The van der Waals surface area contributed by atoms with Gasteiger partial charge >= 0.3 is 0 Å². The molecule has 2 aromatic carbocycles. The van der Waals surface area contributed by atoms with E-state index in [9.17, 15) is 4.79 Å². The van der Waals surface area contributed by atoms with Gasteiger partial charge in [0.25, 0.3) is 0 Å². The van der Waals surface area contributed by atoms with Crippen LogP contribution in [0.4, 0.5) is 0 Å². The van der Waals surface area contributed by atoms with E-state index < -0.39 is 0 Å². The Bertz CT molecular complexity index is 779. The molecule has 3 rings (SSSR count). The molecule has 0 unspecified atom stereocenters. The molecule has 4 heteroatoms. The predicted octanol–water partition coefficient (Wildman–Crippen LogP) is 3.98. The van der Waals surface area contributed by atoms with Gasteiger partial charge in [-0.2, -0.15) is 0 Å². The van der Waals surface area contributed by atoms with Crippen LogP contribution in [0.3, 0.4) is 0 Å². The maximum Gasteiger partial charge on any atom is 0.224 e. The summed E-state index contributed by atoms with van der Waals surface area (Å²) in [4.78, 5) is 16.6. The number of nitrogens with zero attached hydrogens (tertiary/aromatic N) is 1. The fraction of sp³-hybridized carbons (Fsp3) is 0.158. The van der Waals surface area contributed by atoms with Crippen LogP contribution in [0.5, 0.6) is 0 Å². The van der Waals surface area contributed by atoms with E-state index in [-0.39, 0.29) is 5.91 Å². The smallest absolute Gasteiger partial charge is 0.224 e. The number of carbonyl (C=O) groups is 1. The molecule has 1 aromatic heterocycles. The van der Waals surface area contributed by atoms with Crippen molar-refractivity contribution in [2.24, 2.45) is 0 Å². The Labute approximate surface area is 140 Å². The van der Waals surface area contributed by atoms with Crippen molar-refractivity contribution in [1.29, 1.82) is 0 Å². The largest absolute Gasteiger partial charge is 0.350 e. The van der Waals surface area contributed by atoms with Crippen molar-refractivity contribution >= 4 is 17.2 Å². The van der Waals surface area contributed by atoms with E-state index in [0.29, 0.717) is 13.0 Å². The summed E-state index contributed by atoms with van der Waals surface area (Å²) in [5, 5.41) is 5.91. The van der Waals surface area contributed by atoms with E-state index in [1.807, 2.05) is 35.7 Å². The summed E-state index contributed by atoms with van der Waals surface area (Å²) in [5.41, 5.74) is 4.26. The van der Waals surface area contributed by atoms with Crippen molar-refractivity contribution < 1.29 is 4.79 Å². The lowest BCUT2D eigenvalue weighted by Gasteiger charge is -2.03. The molecular weight excluding hydrogens is 304 g/mol. The summed E-state index contributed by atoms with van der Waals surface area (Å²) < 4.78 is 0. The number of rotatable bonds is 5. The van der Waals surface area contributed by atoms with Gasteiger partial charge in [0, 0.05) is 10.9 Å². The number of hydrogen-bond donors (Lipinski definition) is 1. The van der Waals surface area contributed by atoms with Crippen LogP contribution in [-0.2, 0) is 17.8 Å². The van der Waals surface area contributed by atoms with E-state index in [1.54, 1.807) is 11.3 Å². The minimum absolute atomic E-state index is 0.0149. The molecule has 0 bridgehead atoms. The number of hydrogen-bond acceptors (Lipinski definition) is 3. The monoisotopic (exact) mass is 322 g/mol. The summed E-state index contributed by atoms with van der Waals surface area (Å²) in [7, 11) is 0. The van der Waals surface area contributed by atoms with Gasteiger partial charge < -0.3 is 5.32 Å². The lowest BCUT2D eigenvalue weighted by molar-refractivity contribution is -0.120. The van der Waals surface area contributed by atoms with Crippen LogP contribution < -0.4 is 5.32 Å². The summed E-state index contributed by atoms with van der Waals surface area (Å²) in [6, 6.07) is 18.1. The molecule has 0 saturated heterocycles. The van der Waals surface area contributed by atoms with Gasteiger partial charge in [0.1, 0.15) is 5.01 Å². The Kier molecular flexibility index (Phi) is 4.83. The molecule has 0 fully saturated rings. The predicted molar refractivity (Wildman–Crippen MR) is 94.3 cm³/mol. The second-order valence-corrected chi connectivity index (χ2v) is 6.31. The van der Waals surface area contributed by atoms with Gasteiger partial charge in [-0.15, -0.1) is 11.3 Å². The minimum Gasteiger partial charge on any atom is -0.350 e. The molecule has 3 aromatic rings. The summed E-state index contributed by atoms with van der Waals surface area (Å²) in [6.45, 7) is 2.54. The minimum atomic E-state index is 0.0149. The molecule has 23 heavy (non-hydrogen) atoms. The van der Waals surface area contributed by atoms with Crippen molar-refractivity contribution in [2.75, 3.05) is 0 Å². The summed E-state index contributed by atoms with van der Waals surface area (Å²) in [5.74, 6) is 0.0149. The molecule has 1 amide bonds. The highest BCUT2D eigenvalue weighted by molar-refractivity contribution is 7.13. The topological polar surface area (TPSA) is 42.0 Å².